The van der Waals surface area contributed by atoms with Crippen LogP contribution in [0.15, 0.2) is 24.3 Å². The van der Waals surface area contributed by atoms with Gasteiger partial charge >= 0.3 is 0 Å². The van der Waals surface area contributed by atoms with E-state index in [1.807, 2.05) is 38.1 Å². The average Bonchev–Trinajstić information content (AvgIpc) is 2.53. The van der Waals surface area contributed by atoms with Gasteiger partial charge < -0.3 is 10.1 Å². The van der Waals surface area contributed by atoms with Crippen LogP contribution >= 0.6 is 0 Å². The van der Waals surface area contributed by atoms with Crippen molar-refractivity contribution in [1.82, 2.24) is 10.6 Å². The Morgan fingerprint density at radius 1 is 1.29 bits per heavy atom. The van der Waals surface area contributed by atoms with E-state index in [0.29, 0.717) is 6.42 Å². The minimum absolute atomic E-state index is 0.0609. The van der Waals surface area contributed by atoms with Gasteiger partial charge in [0.05, 0.1) is 18.8 Å². The molecule has 92 valence electrons. The fraction of sp³-hybridized carbons (Fsp3) is 0.462. The van der Waals surface area contributed by atoms with Crippen LogP contribution in [-0.4, -0.2) is 24.7 Å². The summed E-state index contributed by atoms with van der Waals surface area (Å²) >= 11 is 0. The van der Waals surface area contributed by atoms with E-state index in [4.69, 9.17) is 4.74 Å². The van der Waals surface area contributed by atoms with Gasteiger partial charge in [-0.05, 0) is 38.0 Å². The number of hydrogen-bond acceptors (Lipinski definition) is 3. The molecule has 1 fully saturated rings. The maximum Gasteiger partial charge on any atom is 0.238 e. The molecule has 2 N–H and O–H groups in total. The number of ether oxygens (including phenoxy) is 1. The van der Waals surface area contributed by atoms with E-state index in [1.165, 1.54) is 0 Å². The highest BCUT2D eigenvalue weighted by Gasteiger charge is 2.35. The lowest BCUT2D eigenvalue weighted by molar-refractivity contribution is -0.120. The molecule has 0 aliphatic carbocycles. The number of rotatable bonds is 3. The fourth-order valence-electron chi connectivity index (χ4n) is 2.07. The van der Waals surface area contributed by atoms with Crippen LogP contribution in [0.4, 0.5) is 0 Å². The molecule has 1 aromatic rings. The number of amides is 1. The minimum Gasteiger partial charge on any atom is -0.497 e. The first kappa shape index (κ1) is 11.9. The standard InChI is InChI=1S/C13H18N2O2/c1-13(2)14-11(12(16)15-13)8-9-4-6-10(17-3)7-5-9/h4-7,11,14H,8H2,1-3H3,(H,15,16)/t11-/m0/s1. The first-order chi connectivity index (χ1) is 8.00. The number of carbonyl (C=O) groups is 1. The molecule has 1 aromatic carbocycles. The Morgan fingerprint density at radius 3 is 2.41 bits per heavy atom. The van der Waals surface area contributed by atoms with Crippen molar-refractivity contribution in [2.75, 3.05) is 7.11 Å². The topological polar surface area (TPSA) is 50.4 Å². The molecule has 1 aliphatic rings. The molecule has 0 spiro atoms. The summed E-state index contributed by atoms with van der Waals surface area (Å²) in [6.45, 7) is 3.91. The molecule has 17 heavy (non-hydrogen) atoms. The summed E-state index contributed by atoms with van der Waals surface area (Å²) in [6.07, 6.45) is 0.694. The van der Waals surface area contributed by atoms with Crippen molar-refractivity contribution in [3.8, 4) is 5.75 Å². The Hall–Kier alpha value is -1.55. The van der Waals surface area contributed by atoms with Gasteiger partial charge in [0.25, 0.3) is 0 Å². The second-order valence-electron chi connectivity index (χ2n) is 4.86. The molecule has 1 aliphatic heterocycles. The van der Waals surface area contributed by atoms with E-state index >= 15 is 0 Å². The SMILES string of the molecule is COc1ccc(C[C@@H]2NC(C)(C)NC2=O)cc1. The van der Waals surface area contributed by atoms with Crippen LogP contribution in [0.2, 0.25) is 0 Å². The Kier molecular flexibility index (Phi) is 3.07. The molecule has 0 unspecified atom stereocenters. The van der Waals surface area contributed by atoms with Gasteiger partial charge in [0.1, 0.15) is 5.75 Å². The molecule has 1 amide bonds. The molecular formula is C13H18N2O2. The zero-order valence-corrected chi connectivity index (χ0v) is 10.4. The van der Waals surface area contributed by atoms with Gasteiger partial charge in [0.2, 0.25) is 5.91 Å². The zero-order valence-electron chi connectivity index (χ0n) is 10.4. The number of hydrogen-bond donors (Lipinski definition) is 2. The third kappa shape index (κ3) is 2.77. The van der Waals surface area contributed by atoms with E-state index in [0.717, 1.165) is 11.3 Å². The maximum atomic E-state index is 11.7. The van der Waals surface area contributed by atoms with Gasteiger partial charge in [-0.1, -0.05) is 12.1 Å². The summed E-state index contributed by atoms with van der Waals surface area (Å²) in [5, 5.41) is 6.18. The van der Waals surface area contributed by atoms with Crippen molar-refractivity contribution in [2.24, 2.45) is 0 Å². The van der Waals surface area contributed by atoms with Crippen molar-refractivity contribution < 1.29 is 9.53 Å². The van der Waals surface area contributed by atoms with Gasteiger partial charge in [0.15, 0.2) is 0 Å². The third-order valence-electron chi connectivity index (χ3n) is 2.89. The molecule has 0 saturated carbocycles. The van der Waals surface area contributed by atoms with Crippen LogP contribution in [0, 0.1) is 0 Å². The van der Waals surface area contributed by atoms with Crippen molar-refractivity contribution in [1.29, 1.82) is 0 Å². The molecule has 0 aromatic heterocycles. The molecule has 2 rings (SSSR count). The number of nitrogens with one attached hydrogen (secondary N) is 2. The minimum atomic E-state index is -0.311. The van der Waals surface area contributed by atoms with Crippen molar-refractivity contribution >= 4 is 5.91 Å². The maximum absolute atomic E-state index is 11.7. The second-order valence-corrected chi connectivity index (χ2v) is 4.86. The van der Waals surface area contributed by atoms with Gasteiger partial charge in [0, 0.05) is 0 Å². The van der Waals surface area contributed by atoms with Gasteiger partial charge in [-0.2, -0.15) is 0 Å². The first-order valence-corrected chi connectivity index (χ1v) is 5.73. The Labute approximate surface area is 101 Å². The van der Waals surface area contributed by atoms with Crippen LogP contribution in [0.1, 0.15) is 19.4 Å². The molecule has 4 nitrogen and oxygen atoms in total. The van der Waals surface area contributed by atoms with Crippen LogP contribution in [0.5, 0.6) is 5.75 Å². The van der Waals surface area contributed by atoms with E-state index in [2.05, 4.69) is 10.6 Å². The monoisotopic (exact) mass is 234 g/mol. The Balaban J connectivity index is 2.03. The molecule has 1 atom stereocenters. The molecule has 4 heteroatoms. The Bertz CT molecular complexity index is 412. The van der Waals surface area contributed by atoms with Crippen molar-refractivity contribution in [3.05, 3.63) is 29.8 Å². The van der Waals surface area contributed by atoms with E-state index in [1.54, 1.807) is 7.11 Å². The zero-order chi connectivity index (χ0) is 12.5. The predicted octanol–water partition coefficient (Wildman–Crippen LogP) is 1.06. The molecular weight excluding hydrogens is 216 g/mol. The van der Waals surface area contributed by atoms with Crippen LogP contribution in [-0.2, 0) is 11.2 Å². The van der Waals surface area contributed by atoms with E-state index < -0.39 is 0 Å². The van der Waals surface area contributed by atoms with Gasteiger partial charge in [-0.25, -0.2) is 0 Å². The normalized spacial score (nSPS) is 22.3. The number of carbonyl (C=O) groups excluding carboxylic acids is 1. The van der Waals surface area contributed by atoms with Crippen molar-refractivity contribution in [2.45, 2.75) is 32.0 Å². The molecule has 0 bridgehead atoms. The predicted molar refractivity (Wildman–Crippen MR) is 65.8 cm³/mol. The van der Waals surface area contributed by atoms with E-state index in [9.17, 15) is 4.79 Å². The number of benzene rings is 1. The van der Waals surface area contributed by atoms with Crippen LogP contribution in [0.3, 0.4) is 0 Å². The lowest BCUT2D eigenvalue weighted by Crippen LogP contribution is -2.44. The molecule has 0 radical (unpaired) electrons. The number of methoxy groups -OCH3 is 1. The third-order valence-corrected chi connectivity index (χ3v) is 2.89. The summed E-state index contributed by atoms with van der Waals surface area (Å²) in [6, 6.07) is 7.64. The highest BCUT2D eigenvalue weighted by Crippen LogP contribution is 2.16. The fourth-order valence-corrected chi connectivity index (χ4v) is 2.07. The highest BCUT2D eigenvalue weighted by atomic mass is 16.5. The highest BCUT2D eigenvalue weighted by molar-refractivity contribution is 5.85. The molecule has 1 saturated heterocycles. The summed E-state index contributed by atoms with van der Waals surface area (Å²) < 4.78 is 5.10. The van der Waals surface area contributed by atoms with Gasteiger partial charge in [-0.3, -0.25) is 10.1 Å². The second kappa shape index (κ2) is 4.37. The van der Waals surface area contributed by atoms with Gasteiger partial charge in [-0.15, -0.1) is 0 Å². The Morgan fingerprint density at radius 2 is 1.94 bits per heavy atom. The summed E-state index contributed by atoms with van der Waals surface area (Å²) in [7, 11) is 1.64. The van der Waals surface area contributed by atoms with Crippen LogP contribution < -0.4 is 15.4 Å². The average molecular weight is 234 g/mol. The lowest BCUT2D eigenvalue weighted by atomic mass is 10.1. The quantitative estimate of drug-likeness (QED) is 0.822. The summed E-state index contributed by atoms with van der Waals surface area (Å²) in [5.74, 6) is 0.892. The van der Waals surface area contributed by atoms with Crippen LogP contribution in [0.25, 0.3) is 0 Å². The summed E-state index contributed by atoms with van der Waals surface area (Å²) in [4.78, 5) is 11.7. The molecule has 1 heterocycles. The first-order valence-electron chi connectivity index (χ1n) is 5.73. The lowest BCUT2D eigenvalue weighted by Gasteiger charge is -2.18. The smallest absolute Gasteiger partial charge is 0.238 e. The summed E-state index contributed by atoms with van der Waals surface area (Å²) in [5.41, 5.74) is 0.810. The largest absolute Gasteiger partial charge is 0.497 e. The van der Waals surface area contributed by atoms with E-state index in [-0.39, 0.29) is 17.6 Å². The van der Waals surface area contributed by atoms with Crippen molar-refractivity contribution in [3.63, 3.8) is 0 Å².